The molecule has 4 heteroatoms. The molecular weight excluding hydrogens is 324 g/mol. The third-order valence-corrected chi connectivity index (χ3v) is 5.09. The molecule has 1 amide bonds. The predicted octanol–water partition coefficient (Wildman–Crippen LogP) is 5.64. The van der Waals surface area contributed by atoms with Crippen molar-refractivity contribution in [1.29, 1.82) is 0 Å². The topological polar surface area (TPSA) is 61.4 Å². The molecule has 0 rings (SSSR count). The first-order valence-electron chi connectivity index (χ1n) is 11.4. The Balaban J connectivity index is 3.22. The number of hydrogen-bond donors (Lipinski definition) is 3. The minimum Gasteiger partial charge on any atom is -0.381 e. The Morgan fingerprint density at radius 3 is 1.54 bits per heavy atom. The van der Waals surface area contributed by atoms with E-state index in [1.165, 1.54) is 83.5 Å². The molecule has 4 nitrogen and oxygen atoms in total. The molecule has 0 saturated heterocycles. The third-order valence-electron chi connectivity index (χ3n) is 5.09. The molecule has 156 valence electrons. The SMILES string of the molecule is CCCCCCCCCCCCCCCCCC(=O)NC(CC)NCO. The van der Waals surface area contributed by atoms with Gasteiger partial charge >= 0.3 is 0 Å². The van der Waals surface area contributed by atoms with Crippen LogP contribution in [0.4, 0.5) is 0 Å². The average Bonchev–Trinajstić information content (AvgIpc) is 2.64. The molecule has 0 aromatic heterocycles. The Morgan fingerprint density at radius 2 is 1.15 bits per heavy atom. The van der Waals surface area contributed by atoms with Gasteiger partial charge in [0.2, 0.25) is 5.91 Å². The maximum Gasteiger partial charge on any atom is 0.221 e. The minimum atomic E-state index is -0.108. The second-order valence-electron chi connectivity index (χ2n) is 7.59. The zero-order valence-electron chi connectivity index (χ0n) is 17.7. The van der Waals surface area contributed by atoms with Gasteiger partial charge in [-0.1, -0.05) is 104 Å². The van der Waals surface area contributed by atoms with E-state index in [2.05, 4.69) is 17.6 Å². The lowest BCUT2D eigenvalue weighted by molar-refractivity contribution is -0.122. The normalized spacial score (nSPS) is 12.3. The molecule has 1 unspecified atom stereocenters. The van der Waals surface area contributed by atoms with Gasteiger partial charge in [0, 0.05) is 6.42 Å². The number of carbonyl (C=O) groups is 1. The highest BCUT2D eigenvalue weighted by Gasteiger charge is 2.08. The van der Waals surface area contributed by atoms with Gasteiger partial charge in [-0.25, -0.2) is 0 Å². The zero-order valence-corrected chi connectivity index (χ0v) is 17.7. The van der Waals surface area contributed by atoms with Crippen LogP contribution in [0, 0.1) is 0 Å². The van der Waals surface area contributed by atoms with Crippen molar-refractivity contribution in [3.63, 3.8) is 0 Å². The Hall–Kier alpha value is -0.610. The summed E-state index contributed by atoms with van der Waals surface area (Å²) in [6.45, 7) is 4.16. The van der Waals surface area contributed by atoms with Crippen molar-refractivity contribution in [2.75, 3.05) is 6.73 Å². The molecule has 0 saturated carbocycles. The second-order valence-corrected chi connectivity index (χ2v) is 7.59. The summed E-state index contributed by atoms with van der Waals surface area (Å²) in [6, 6.07) is 0. The first kappa shape index (κ1) is 25.4. The van der Waals surface area contributed by atoms with E-state index in [4.69, 9.17) is 5.11 Å². The van der Waals surface area contributed by atoms with Gasteiger partial charge in [-0.2, -0.15) is 0 Å². The molecule has 0 aromatic carbocycles. The fourth-order valence-electron chi connectivity index (χ4n) is 3.33. The number of aliphatic hydroxyl groups is 1. The Kier molecular flexibility index (Phi) is 20.2. The molecule has 0 fully saturated rings. The maximum atomic E-state index is 11.8. The van der Waals surface area contributed by atoms with E-state index in [1.54, 1.807) is 0 Å². The molecule has 0 aliphatic rings. The Bertz CT molecular complexity index is 298. The second kappa shape index (κ2) is 20.7. The number of nitrogens with one attached hydrogen (secondary N) is 2. The van der Waals surface area contributed by atoms with E-state index >= 15 is 0 Å². The van der Waals surface area contributed by atoms with Gasteiger partial charge < -0.3 is 10.4 Å². The van der Waals surface area contributed by atoms with E-state index in [1.807, 2.05) is 6.92 Å². The van der Waals surface area contributed by atoms with E-state index in [0.29, 0.717) is 6.42 Å². The Morgan fingerprint density at radius 1 is 0.731 bits per heavy atom. The molecule has 26 heavy (non-hydrogen) atoms. The lowest BCUT2D eigenvalue weighted by Crippen LogP contribution is -2.45. The van der Waals surface area contributed by atoms with Crippen LogP contribution in [-0.2, 0) is 4.79 Å². The highest BCUT2D eigenvalue weighted by Crippen LogP contribution is 2.13. The first-order valence-corrected chi connectivity index (χ1v) is 11.4. The van der Waals surface area contributed by atoms with Crippen LogP contribution >= 0.6 is 0 Å². The first-order chi connectivity index (χ1) is 12.7. The molecule has 3 N–H and O–H groups in total. The molecule has 0 spiro atoms. The van der Waals surface area contributed by atoms with Gasteiger partial charge in [-0.3, -0.25) is 10.1 Å². The van der Waals surface area contributed by atoms with E-state index in [-0.39, 0.29) is 18.8 Å². The summed E-state index contributed by atoms with van der Waals surface area (Å²) in [7, 11) is 0. The lowest BCUT2D eigenvalue weighted by Gasteiger charge is -2.17. The quantitative estimate of drug-likeness (QED) is 0.192. The summed E-state index contributed by atoms with van der Waals surface area (Å²) in [6.07, 6.45) is 21.4. The number of unbranched alkanes of at least 4 members (excludes halogenated alkanes) is 14. The van der Waals surface area contributed by atoms with E-state index in [9.17, 15) is 4.79 Å². The highest BCUT2D eigenvalue weighted by atomic mass is 16.3. The largest absolute Gasteiger partial charge is 0.381 e. The molecule has 0 radical (unpaired) electrons. The van der Waals surface area contributed by atoms with Crippen molar-refractivity contribution in [2.24, 2.45) is 0 Å². The van der Waals surface area contributed by atoms with Crippen LogP contribution in [0.3, 0.4) is 0 Å². The summed E-state index contributed by atoms with van der Waals surface area (Å²) in [5, 5.41) is 14.6. The van der Waals surface area contributed by atoms with Crippen LogP contribution in [0.25, 0.3) is 0 Å². The third kappa shape index (κ3) is 18.2. The summed E-state index contributed by atoms with van der Waals surface area (Å²) < 4.78 is 0. The summed E-state index contributed by atoms with van der Waals surface area (Å²) in [5.74, 6) is 0.0903. The molecule has 0 bridgehead atoms. The number of amides is 1. The van der Waals surface area contributed by atoms with Crippen molar-refractivity contribution < 1.29 is 9.90 Å². The number of carbonyl (C=O) groups excluding carboxylic acids is 1. The van der Waals surface area contributed by atoms with Crippen LogP contribution in [0.1, 0.15) is 123 Å². The molecule has 0 aliphatic heterocycles. The van der Waals surface area contributed by atoms with Crippen molar-refractivity contribution in [1.82, 2.24) is 10.6 Å². The minimum absolute atomic E-state index is 0.0903. The van der Waals surface area contributed by atoms with Crippen LogP contribution in [0.15, 0.2) is 0 Å². The van der Waals surface area contributed by atoms with Gasteiger partial charge in [-0.05, 0) is 12.8 Å². The fraction of sp³-hybridized carbons (Fsp3) is 0.955. The fourth-order valence-corrected chi connectivity index (χ4v) is 3.33. The average molecular weight is 371 g/mol. The highest BCUT2D eigenvalue weighted by molar-refractivity contribution is 5.76. The predicted molar refractivity (Wildman–Crippen MR) is 112 cm³/mol. The van der Waals surface area contributed by atoms with Gasteiger partial charge in [0.05, 0.1) is 12.9 Å². The smallest absolute Gasteiger partial charge is 0.221 e. The van der Waals surface area contributed by atoms with E-state index < -0.39 is 0 Å². The van der Waals surface area contributed by atoms with Gasteiger partial charge in [0.15, 0.2) is 0 Å². The lowest BCUT2D eigenvalue weighted by atomic mass is 10.0. The van der Waals surface area contributed by atoms with Gasteiger partial charge in [0.25, 0.3) is 0 Å². The standard InChI is InChI=1S/C22H46N2O2/c1-3-5-6-7-8-9-10-11-12-13-14-15-16-17-18-19-22(26)24-21(4-2)23-20-25/h21,23,25H,3-20H2,1-2H3,(H,24,26). The molecule has 0 heterocycles. The van der Waals surface area contributed by atoms with Crippen molar-refractivity contribution >= 4 is 5.91 Å². The van der Waals surface area contributed by atoms with Gasteiger partial charge in [0.1, 0.15) is 0 Å². The monoisotopic (exact) mass is 370 g/mol. The number of hydrogen-bond acceptors (Lipinski definition) is 3. The molecular formula is C22H46N2O2. The molecule has 0 aliphatic carbocycles. The van der Waals surface area contributed by atoms with Crippen LogP contribution in [-0.4, -0.2) is 23.9 Å². The van der Waals surface area contributed by atoms with Crippen molar-refractivity contribution in [2.45, 2.75) is 129 Å². The summed E-state index contributed by atoms with van der Waals surface area (Å²) in [4.78, 5) is 11.8. The Labute approximate surface area is 162 Å². The van der Waals surface area contributed by atoms with E-state index in [0.717, 1.165) is 19.3 Å². The molecule has 1 atom stereocenters. The van der Waals surface area contributed by atoms with Crippen LogP contribution < -0.4 is 10.6 Å². The number of rotatable bonds is 20. The number of aliphatic hydroxyl groups excluding tert-OH is 1. The van der Waals surface area contributed by atoms with Gasteiger partial charge in [-0.15, -0.1) is 0 Å². The van der Waals surface area contributed by atoms with Crippen LogP contribution in [0.2, 0.25) is 0 Å². The van der Waals surface area contributed by atoms with Crippen LogP contribution in [0.5, 0.6) is 0 Å². The zero-order chi connectivity index (χ0) is 19.3. The maximum absolute atomic E-state index is 11.8. The molecule has 0 aromatic rings. The summed E-state index contributed by atoms with van der Waals surface area (Å²) >= 11 is 0. The van der Waals surface area contributed by atoms with Crippen molar-refractivity contribution in [3.05, 3.63) is 0 Å². The summed E-state index contributed by atoms with van der Waals surface area (Å²) in [5.41, 5.74) is 0. The van der Waals surface area contributed by atoms with Crippen molar-refractivity contribution in [3.8, 4) is 0 Å².